The Labute approximate surface area is 117 Å². The van der Waals surface area contributed by atoms with E-state index < -0.39 is 6.10 Å². The van der Waals surface area contributed by atoms with Crippen LogP contribution in [0.3, 0.4) is 0 Å². The van der Waals surface area contributed by atoms with Crippen molar-refractivity contribution in [2.75, 3.05) is 5.32 Å². The Morgan fingerprint density at radius 2 is 1.89 bits per heavy atom. The number of nitrogens with one attached hydrogen (secondary N) is 1. The van der Waals surface area contributed by atoms with Gasteiger partial charge in [-0.05, 0) is 37.3 Å². The minimum absolute atomic E-state index is 0.217. The highest BCUT2D eigenvalue weighted by molar-refractivity contribution is 6.30. The summed E-state index contributed by atoms with van der Waals surface area (Å²) < 4.78 is 5.53. The third-order valence-electron chi connectivity index (χ3n) is 2.52. The summed E-state index contributed by atoms with van der Waals surface area (Å²) in [5, 5.41) is 3.33. The number of hydrogen-bond acceptors (Lipinski definition) is 2. The molecule has 2 rings (SSSR count). The maximum Gasteiger partial charge on any atom is 0.265 e. The Kier molecular flexibility index (Phi) is 4.42. The average Bonchev–Trinajstić information content (AvgIpc) is 2.40. The Bertz CT molecular complexity index is 557. The summed E-state index contributed by atoms with van der Waals surface area (Å²) in [6, 6.07) is 16.2. The second-order valence-corrected chi connectivity index (χ2v) is 4.51. The molecule has 2 aromatic carbocycles. The number of ether oxygens (including phenoxy) is 1. The SMILES string of the molecule is C[C@@H](Oc1ccccc1)C(=O)Nc1cccc(Cl)c1. The molecule has 19 heavy (non-hydrogen) atoms. The van der Waals surface area contributed by atoms with Crippen molar-refractivity contribution in [1.82, 2.24) is 0 Å². The maximum atomic E-state index is 11.9. The highest BCUT2D eigenvalue weighted by atomic mass is 35.5. The first kappa shape index (κ1) is 13.4. The molecule has 0 radical (unpaired) electrons. The molecule has 0 heterocycles. The summed E-state index contributed by atoms with van der Waals surface area (Å²) in [7, 11) is 0. The first-order valence-electron chi connectivity index (χ1n) is 5.93. The van der Waals surface area contributed by atoms with Crippen molar-refractivity contribution in [1.29, 1.82) is 0 Å². The van der Waals surface area contributed by atoms with Gasteiger partial charge in [-0.15, -0.1) is 0 Å². The molecule has 0 unspecified atom stereocenters. The molecule has 0 aliphatic carbocycles. The van der Waals surface area contributed by atoms with E-state index >= 15 is 0 Å². The summed E-state index contributed by atoms with van der Waals surface area (Å²) >= 11 is 5.86. The second-order valence-electron chi connectivity index (χ2n) is 4.07. The smallest absolute Gasteiger partial charge is 0.265 e. The quantitative estimate of drug-likeness (QED) is 0.923. The largest absolute Gasteiger partial charge is 0.481 e. The lowest BCUT2D eigenvalue weighted by molar-refractivity contribution is -0.122. The predicted molar refractivity (Wildman–Crippen MR) is 76.6 cm³/mol. The lowest BCUT2D eigenvalue weighted by Crippen LogP contribution is -2.30. The van der Waals surface area contributed by atoms with Gasteiger partial charge in [-0.2, -0.15) is 0 Å². The predicted octanol–water partition coefficient (Wildman–Crippen LogP) is 3.75. The summed E-state index contributed by atoms with van der Waals surface area (Å²) in [5.41, 5.74) is 0.654. The van der Waals surface area contributed by atoms with Gasteiger partial charge in [0.05, 0.1) is 0 Å². The minimum atomic E-state index is -0.582. The van der Waals surface area contributed by atoms with E-state index in [9.17, 15) is 4.79 Å². The van der Waals surface area contributed by atoms with Crippen molar-refractivity contribution in [3.05, 3.63) is 59.6 Å². The summed E-state index contributed by atoms with van der Waals surface area (Å²) in [5.74, 6) is 0.447. The van der Waals surface area contributed by atoms with Crippen LogP contribution in [-0.2, 0) is 4.79 Å². The summed E-state index contributed by atoms with van der Waals surface area (Å²) in [6.45, 7) is 1.70. The number of benzene rings is 2. The van der Waals surface area contributed by atoms with Crippen molar-refractivity contribution in [3.8, 4) is 5.75 Å². The molecule has 0 aromatic heterocycles. The standard InChI is InChI=1S/C15H14ClNO2/c1-11(19-14-8-3-2-4-9-14)15(18)17-13-7-5-6-12(16)10-13/h2-11H,1H3,(H,17,18)/t11-/m1/s1. The fourth-order valence-electron chi connectivity index (χ4n) is 1.57. The molecule has 0 saturated carbocycles. The number of amides is 1. The van der Waals surface area contributed by atoms with E-state index in [2.05, 4.69) is 5.32 Å². The van der Waals surface area contributed by atoms with Crippen molar-refractivity contribution in [3.63, 3.8) is 0 Å². The molecular formula is C15H14ClNO2. The zero-order valence-corrected chi connectivity index (χ0v) is 11.2. The molecule has 1 N–H and O–H groups in total. The Morgan fingerprint density at radius 3 is 2.58 bits per heavy atom. The van der Waals surface area contributed by atoms with Gasteiger partial charge in [0.25, 0.3) is 5.91 Å². The molecule has 4 heteroatoms. The van der Waals surface area contributed by atoms with Crippen molar-refractivity contribution in [2.24, 2.45) is 0 Å². The highest BCUT2D eigenvalue weighted by Gasteiger charge is 2.14. The van der Waals surface area contributed by atoms with Crippen LogP contribution >= 0.6 is 11.6 Å². The van der Waals surface area contributed by atoms with Gasteiger partial charge in [0.2, 0.25) is 0 Å². The first-order valence-corrected chi connectivity index (χ1v) is 6.31. The number of para-hydroxylation sites is 1. The molecule has 1 atom stereocenters. The molecule has 0 spiro atoms. The second kappa shape index (κ2) is 6.25. The van der Waals surface area contributed by atoms with E-state index in [0.29, 0.717) is 16.5 Å². The molecule has 2 aromatic rings. The zero-order chi connectivity index (χ0) is 13.7. The third kappa shape index (κ3) is 4.00. The summed E-state index contributed by atoms with van der Waals surface area (Å²) in [6.07, 6.45) is -0.582. The minimum Gasteiger partial charge on any atom is -0.481 e. The molecule has 98 valence electrons. The van der Waals surface area contributed by atoms with Gasteiger partial charge in [-0.25, -0.2) is 0 Å². The molecular weight excluding hydrogens is 262 g/mol. The molecule has 0 aliphatic rings. The molecule has 0 aliphatic heterocycles. The van der Waals surface area contributed by atoms with E-state index in [4.69, 9.17) is 16.3 Å². The molecule has 1 amide bonds. The van der Waals surface area contributed by atoms with Crippen LogP contribution in [0.4, 0.5) is 5.69 Å². The maximum absolute atomic E-state index is 11.9. The zero-order valence-electron chi connectivity index (χ0n) is 10.5. The fraction of sp³-hybridized carbons (Fsp3) is 0.133. The molecule has 0 saturated heterocycles. The van der Waals surface area contributed by atoms with E-state index in [-0.39, 0.29) is 5.91 Å². The van der Waals surface area contributed by atoms with E-state index in [1.807, 2.05) is 30.3 Å². The molecule has 0 fully saturated rings. The van der Waals surface area contributed by atoms with Gasteiger partial charge < -0.3 is 10.1 Å². The molecule has 3 nitrogen and oxygen atoms in total. The Hall–Kier alpha value is -2.00. The monoisotopic (exact) mass is 275 g/mol. The van der Waals surface area contributed by atoms with Crippen LogP contribution in [0.1, 0.15) is 6.92 Å². The van der Waals surface area contributed by atoms with Gasteiger partial charge in [-0.3, -0.25) is 4.79 Å². The van der Waals surface area contributed by atoms with Gasteiger partial charge >= 0.3 is 0 Å². The van der Waals surface area contributed by atoms with Crippen molar-refractivity contribution < 1.29 is 9.53 Å². The van der Waals surface area contributed by atoms with Crippen LogP contribution < -0.4 is 10.1 Å². The average molecular weight is 276 g/mol. The molecule has 0 bridgehead atoms. The van der Waals surface area contributed by atoms with Crippen LogP contribution in [0.15, 0.2) is 54.6 Å². The van der Waals surface area contributed by atoms with Gasteiger partial charge in [0, 0.05) is 10.7 Å². The fourth-order valence-corrected chi connectivity index (χ4v) is 1.76. The number of anilines is 1. The Balaban J connectivity index is 1.96. The summed E-state index contributed by atoms with van der Waals surface area (Å²) in [4.78, 5) is 11.9. The van der Waals surface area contributed by atoms with Crippen LogP contribution in [0.25, 0.3) is 0 Å². The number of halogens is 1. The number of rotatable bonds is 4. The lowest BCUT2D eigenvalue weighted by Gasteiger charge is -2.14. The van der Waals surface area contributed by atoms with Gasteiger partial charge in [0.15, 0.2) is 6.10 Å². The van der Waals surface area contributed by atoms with E-state index in [1.165, 1.54) is 0 Å². The van der Waals surface area contributed by atoms with Crippen molar-refractivity contribution in [2.45, 2.75) is 13.0 Å². The van der Waals surface area contributed by atoms with Crippen LogP contribution in [0.5, 0.6) is 5.75 Å². The van der Waals surface area contributed by atoms with E-state index in [1.54, 1.807) is 31.2 Å². The van der Waals surface area contributed by atoms with Crippen molar-refractivity contribution >= 4 is 23.2 Å². The lowest BCUT2D eigenvalue weighted by atomic mass is 10.3. The van der Waals surface area contributed by atoms with Gasteiger partial charge in [0.1, 0.15) is 5.75 Å². The van der Waals surface area contributed by atoms with Crippen LogP contribution in [0.2, 0.25) is 5.02 Å². The number of carbonyl (C=O) groups excluding carboxylic acids is 1. The normalized spacial score (nSPS) is 11.7. The first-order chi connectivity index (χ1) is 9.15. The number of hydrogen-bond donors (Lipinski definition) is 1. The van der Waals surface area contributed by atoms with Gasteiger partial charge in [-0.1, -0.05) is 35.9 Å². The highest BCUT2D eigenvalue weighted by Crippen LogP contribution is 2.16. The van der Waals surface area contributed by atoms with Crippen LogP contribution in [0, 0.1) is 0 Å². The van der Waals surface area contributed by atoms with Crippen LogP contribution in [-0.4, -0.2) is 12.0 Å². The topological polar surface area (TPSA) is 38.3 Å². The van der Waals surface area contributed by atoms with E-state index in [0.717, 1.165) is 0 Å². The third-order valence-corrected chi connectivity index (χ3v) is 2.75. The number of carbonyl (C=O) groups is 1. The Morgan fingerprint density at radius 1 is 1.16 bits per heavy atom.